The molecule has 0 bridgehead atoms. The molecular weight excluding hydrogens is 236 g/mol. The molecule has 1 aliphatic heterocycles. The van der Waals surface area contributed by atoms with E-state index in [0.29, 0.717) is 22.7 Å². The Labute approximate surface area is 117 Å². The summed E-state index contributed by atoms with van der Waals surface area (Å²) in [7, 11) is 0. The third-order valence-corrected chi connectivity index (χ3v) is 5.99. The SMILES string of the molecule is CCC(CC)(CC)CNC(=O)C1CC12CCNCC2. The summed E-state index contributed by atoms with van der Waals surface area (Å²) in [5.41, 5.74) is 0.675. The van der Waals surface area contributed by atoms with E-state index in [1.54, 1.807) is 0 Å². The maximum atomic E-state index is 12.3. The number of rotatable bonds is 6. The predicted molar refractivity (Wildman–Crippen MR) is 79.0 cm³/mol. The predicted octanol–water partition coefficient (Wildman–Crippen LogP) is 2.71. The number of nitrogens with one attached hydrogen (secondary N) is 2. The minimum Gasteiger partial charge on any atom is -0.355 e. The van der Waals surface area contributed by atoms with Crippen molar-refractivity contribution >= 4 is 5.91 Å². The molecule has 110 valence electrons. The molecule has 2 aliphatic rings. The first-order valence-corrected chi connectivity index (χ1v) is 8.10. The van der Waals surface area contributed by atoms with Gasteiger partial charge in [-0.15, -0.1) is 0 Å². The van der Waals surface area contributed by atoms with Crippen molar-refractivity contribution in [1.29, 1.82) is 0 Å². The van der Waals surface area contributed by atoms with E-state index in [4.69, 9.17) is 0 Å². The summed E-state index contributed by atoms with van der Waals surface area (Å²) in [6.07, 6.45) is 6.95. The molecule has 1 heterocycles. The van der Waals surface area contributed by atoms with Gasteiger partial charge in [0.25, 0.3) is 0 Å². The van der Waals surface area contributed by atoms with Crippen molar-refractivity contribution in [2.24, 2.45) is 16.7 Å². The van der Waals surface area contributed by atoms with Gasteiger partial charge in [-0.25, -0.2) is 0 Å². The van der Waals surface area contributed by atoms with Gasteiger partial charge in [-0.3, -0.25) is 4.79 Å². The fourth-order valence-electron chi connectivity index (χ4n) is 3.72. The van der Waals surface area contributed by atoms with E-state index in [9.17, 15) is 4.79 Å². The highest BCUT2D eigenvalue weighted by molar-refractivity contribution is 5.82. The Morgan fingerprint density at radius 3 is 2.32 bits per heavy atom. The van der Waals surface area contributed by atoms with Gasteiger partial charge in [0.2, 0.25) is 5.91 Å². The minimum absolute atomic E-state index is 0.304. The average Bonchev–Trinajstić information content (AvgIpc) is 3.15. The molecule has 3 heteroatoms. The lowest BCUT2D eigenvalue weighted by atomic mass is 9.80. The molecule has 0 aromatic heterocycles. The molecule has 0 aromatic carbocycles. The van der Waals surface area contributed by atoms with E-state index < -0.39 is 0 Å². The van der Waals surface area contributed by atoms with Crippen LogP contribution >= 0.6 is 0 Å². The summed E-state index contributed by atoms with van der Waals surface area (Å²) in [5, 5.41) is 6.64. The number of carbonyl (C=O) groups is 1. The molecule has 1 unspecified atom stereocenters. The molecule has 2 fully saturated rings. The number of amides is 1. The second-order valence-electron chi connectivity index (χ2n) is 6.65. The third-order valence-electron chi connectivity index (χ3n) is 5.99. The van der Waals surface area contributed by atoms with Crippen LogP contribution in [0.5, 0.6) is 0 Å². The van der Waals surface area contributed by atoms with Gasteiger partial charge < -0.3 is 10.6 Å². The lowest BCUT2D eigenvalue weighted by Gasteiger charge is -2.31. The maximum absolute atomic E-state index is 12.3. The van der Waals surface area contributed by atoms with Crippen LogP contribution in [0.2, 0.25) is 0 Å². The van der Waals surface area contributed by atoms with Crippen molar-refractivity contribution in [2.75, 3.05) is 19.6 Å². The molecular formula is C16H30N2O. The van der Waals surface area contributed by atoms with Gasteiger partial charge in [0.15, 0.2) is 0 Å². The van der Waals surface area contributed by atoms with E-state index >= 15 is 0 Å². The van der Waals surface area contributed by atoms with Crippen LogP contribution in [0.25, 0.3) is 0 Å². The Balaban J connectivity index is 1.82. The van der Waals surface area contributed by atoms with Crippen molar-refractivity contribution in [3.05, 3.63) is 0 Å². The van der Waals surface area contributed by atoms with Gasteiger partial charge in [0.05, 0.1) is 0 Å². The molecule has 1 spiro atoms. The largest absolute Gasteiger partial charge is 0.355 e. The summed E-state index contributed by atoms with van der Waals surface area (Å²) in [5.74, 6) is 0.625. The van der Waals surface area contributed by atoms with E-state index in [-0.39, 0.29) is 0 Å². The van der Waals surface area contributed by atoms with Gasteiger partial charge in [0.1, 0.15) is 0 Å². The van der Waals surface area contributed by atoms with Crippen LogP contribution in [-0.4, -0.2) is 25.5 Å². The fraction of sp³-hybridized carbons (Fsp3) is 0.938. The average molecular weight is 266 g/mol. The monoisotopic (exact) mass is 266 g/mol. The molecule has 1 amide bonds. The maximum Gasteiger partial charge on any atom is 0.223 e. The van der Waals surface area contributed by atoms with E-state index in [0.717, 1.165) is 45.3 Å². The van der Waals surface area contributed by atoms with Crippen LogP contribution in [0.4, 0.5) is 0 Å². The van der Waals surface area contributed by atoms with Crippen LogP contribution in [0.15, 0.2) is 0 Å². The van der Waals surface area contributed by atoms with Crippen molar-refractivity contribution in [2.45, 2.75) is 59.3 Å². The van der Waals surface area contributed by atoms with E-state index in [1.807, 2.05) is 0 Å². The number of carbonyl (C=O) groups excluding carboxylic acids is 1. The summed E-state index contributed by atoms with van der Waals surface area (Å²) >= 11 is 0. The molecule has 2 rings (SSSR count). The van der Waals surface area contributed by atoms with Gasteiger partial charge in [-0.2, -0.15) is 0 Å². The quantitative estimate of drug-likeness (QED) is 0.776. The Morgan fingerprint density at radius 2 is 1.79 bits per heavy atom. The Hall–Kier alpha value is -0.570. The lowest BCUT2D eigenvalue weighted by Crippen LogP contribution is -2.39. The lowest BCUT2D eigenvalue weighted by molar-refractivity contribution is -0.123. The molecule has 0 radical (unpaired) electrons. The zero-order valence-electron chi connectivity index (χ0n) is 12.8. The van der Waals surface area contributed by atoms with Crippen LogP contribution in [-0.2, 0) is 4.79 Å². The number of hydrogen-bond acceptors (Lipinski definition) is 2. The second kappa shape index (κ2) is 5.82. The van der Waals surface area contributed by atoms with Crippen LogP contribution in [0.3, 0.4) is 0 Å². The van der Waals surface area contributed by atoms with Crippen LogP contribution < -0.4 is 10.6 Å². The Kier molecular flexibility index (Phi) is 4.54. The second-order valence-corrected chi connectivity index (χ2v) is 6.65. The number of hydrogen-bond donors (Lipinski definition) is 2. The number of piperidine rings is 1. The van der Waals surface area contributed by atoms with E-state index in [1.165, 1.54) is 12.8 Å². The zero-order chi connectivity index (χ0) is 13.9. The molecule has 19 heavy (non-hydrogen) atoms. The molecule has 0 aromatic rings. The summed E-state index contributed by atoms with van der Waals surface area (Å²) in [4.78, 5) is 12.3. The highest BCUT2D eigenvalue weighted by atomic mass is 16.2. The Bertz CT molecular complexity index is 308. The van der Waals surface area contributed by atoms with Gasteiger partial charge >= 0.3 is 0 Å². The topological polar surface area (TPSA) is 41.1 Å². The Morgan fingerprint density at radius 1 is 1.21 bits per heavy atom. The first kappa shape index (κ1) is 14.8. The molecule has 3 nitrogen and oxygen atoms in total. The van der Waals surface area contributed by atoms with Gasteiger partial charge in [0, 0.05) is 12.5 Å². The molecule has 1 aliphatic carbocycles. The highest BCUT2D eigenvalue weighted by Crippen LogP contribution is 2.58. The van der Waals surface area contributed by atoms with Gasteiger partial charge in [-0.1, -0.05) is 20.8 Å². The summed E-state index contributed by atoms with van der Waals surface area (Å²) < 4.78 is 0. The summed E-state index contributed by atoms with van der Waals surface area (Å²) in [6.45, 7) is 9.76. The third kappa shape index (κ3) is 2.96. The fourth-order valence-corrected chi connectivity index (χ4v) is 3.72. The molecule has 1 atom stereocenters. The highest BCUT2D eigenvalue weighted by Gasteiger charge is 2.57. The van der Waals surface area contributed by atoms with E-state index in [2.05, 4.69) is 31.4 Å². The molecule has 1 saturated carbocycles. The molecule has 2 N–H and O–H groups in total. The molecule has 1 saturated heterocycles. The first-order valence-electron chi connectivity index (χ1n) is 8.10. The van der Waals surface area contributed by atoms with Gasteiger partial charge in [-0.05, 0) is 62.4 Å². The minimum atomic E-state index is 0.304. The van der Waals surface area contributed by atoms with Crippen molar-refractivity contribution in [3.63, 3.8) is 0 Å². The normalized spacial score (nSPS) is 25.3. The first-order chi connectivity index (χ1) is 9.11. The summed E-state index contributed by atoms with van der Waals surface area (Å²) in [6, 6.07) is 0. The van der Waals surface area contributed by atoms with Crippen LogP contribution in [0, 0.1) is 16.7 Å². The zero-order valence-corrected chi connectivity index (χ0v) is 12.8. The van der Waals surface area contributed by atoms with Crippen molar-refractivity contribution in [3.8, 4) is 0 Å². The smallest absolute Gasteiger partial charge is 0.223 e. The van der Waals surface area contributed by atoms with Crippen molar-refractivity contribution in [1.82, 2.24) is 10.6 Å². The standard InChI is InChI=1S/C16H30N2O/c1-4-15(5-2,6-3)12-18-14(19)13-11-16(13)7-9-17-10-8-16/h13,17H,4-12H2,1-3H3,(H,18,19). The van der Waals surface area contributed by atoms with Crippen molar-refractivity contribution < 1.29 is 4.79 Å². The van der Waals surface area contributed by atoms with Crippen LogP contribution in [0.1, 0.15) is 59.3 Å².